The summed E-state index contributed by atoms with van der Waals surface area (Å²) < 4.78 is 0. The summed E-state index contributed by atoms with van der Waals surface area (Å²) in [6.07, 6.45) is 7.71. The Balaban J connectivity index is 2.82. The third kappa shape index (κ3) is 3.01. The molecule has 0 amide bonds. The summed E-state index contributed by atoms with van der Waals surface area (Å²) in [5, 5.41) is 7.26. The average Bonchev–Trinajstić information content (AvgIpc) is 2.16. The van der Waals surface area contributed by atoms with Crippen LogP contribution in [0.25, 0.3) is 20.9 Å². The Kier molecular flexibility index (Phi) is 4.41. The second kappa shape index (κ2) is 5.91. The van der Waals surface area contributed by atoms with E-state index in [1.165, 1.54) is 0 Å². The molecule has 0 saturated carbocycles. The summed E-state index contributed by atoms with van der Waals surface area (Å²) in [5.41, 5.74) is 16.7. The van der Waals surface area contributed by atoms with Crippen LogP contribution in [0.2, 0.25) is 0 Å². The lowest BCUT2D eigenvalue weighted by Crippen LogP contribution is -2.20. The molecule has 0 heterocycles. The largest absolute Gasteiger partial charge is 0.0899 e. The third-order valence-electron chi connectivity index (χ3n) is 2.23. The number of nitrogens with zero attached hydrogens (tertiary/aromatic N) is 6. The van der Waals surface area contributed by atoms with E-state index in [-0.39, 0.29) is 12.1 Å². The van der Waals surface area contributed by atoms with Gasteiger partial charge in [0.15, 0.2) is 0 Å². The van der Waals surface area contributed by atoms with Gasteiger partial charge in [0.2, 0.25) is 0 Å². The maximum atomic E-state index is 8.37. The number of allylic oxidation sites excluding steroid dienone is 1. The average molecular weight is 192 g/mol. The van der Waals surface area contributed by atoms with Gasteiger partial charge in [-0.15, -0.1) is 0 Å². The minimum Gasteiger partial charge on any atom is -0.0899 e. The maximum absolute atomic E-state index is 8.37. The zero-order valence-electron chi connectivity index (χ0n) is 7.82. The highest BCUT2D eigenvalue weighted by atomic mass is 15.2. The first kappa shape index (κ1) is 10.4. The second-order valence-electron chi connectivity index (χ2n) is 3.18. The van der Waals surface area contributed by atoms with Crippen molar-refractivity contribution in [1.82, 2.24) is 0 Å². The van der Waals surface area contributed by atoms with E-state index in [0.717, 1.165) is 25.7 Å². The molecule has 14 heavy (non-hydrogen) atoms. The highest BCUT2D eigenvalue weighted by Gasteiger charge is 2.17. The van der Waals surface area contributed by atoms with Crippen LogP contribution in [-0.4, -0.2) is 12.1 Å². The quantitative estimate of drug-likeness (QED) is 0.277. The molecule has 2 unspecified atom stereocenters. The van der Waals surface area contributed by atoms with E-state index in [1.54, 1.807) is 0 Å². The molecule has 0 aromatic rings. The van der Waals surface area contributed by atoms with Gasteiger partial charge in [0.05, 0.1) is 6.04 Å². The highest BCUT2D eigenvalue weighted by Crippen LogP contribution is 2.18. The molecule has 1 aliphatic carbocycles. The summed E-state index contributed by atoms with van der Waals surface area (Å²) in [6, 6.07) is -0.552. The smallest absolute Gasteiger partial charge is 0.0639 e. The van der Waals surface area contributed by atoms with Gasteiger partial charge in [-0.2, -0.15) is 0 Å². The van der Waals surface area contributed by atoms with Crippen molar-refractivity contribution in [3.05, 3.63) is 33.0 Å². The summed E-state index contributed by atoms with van der Waals surface area (Å²) in [4.78, 5) is 5.53. The van der Waals surface area contributed by atoms with E-state index >= 15 is 0 Å². The first-order chi connectivity index (χ1) is 6.88. The van der Waals surface area contributed by atoms with E-state index in [0.29, 0.717) is 0 Å². The lowest BCUT2D eigenvalue weighted by Gasteiger charge is -2.17. The van der Waals surface area contributed by atoms with Gasteiger partial charge >= 0.3 is 0 Å². The Morgan fingerprint density at radius 1 is 1.14 bits per heavy atom. The molecule has 0 radical (unpaired) electrons. The molecule has 1 aliphatic rings. The standard InChI is InChI=1S/C8H12N6/c9-13-11-7-5-3-1-2-4-6-8(7)12-14-10/h3,5,7-8H,1-2,4,6H2. The number of azide groups is 2. The number of rotatable bonds is 2. The summed E-state index contributed by atoms with van der Waals surface area (Å²) in [7, 11) is 0. The van der Waals surface area contributed by atoms with Gasteiger partial charge in [-0.25, -0.2) is 0 Å². The van der Waals surface area contributed by atoms with E-state index in [2.05, 4.69) is 20.1 Å². The van der Waals surface area contributed by atoms with Crippen molar-refractivity contribution in [1.29, 1.82) is 0 Å². The number of hydrogen-bond acceptors (Lipinski definition) is 2. The molecule has 2 atom stereocenters. The van der Waals surface area contributed by atoms with Crippen LogP contribution < -0.4 is 0 Å². The molecule has 0 saturated heterocycles. The van der Waals surface area contributed by atoms with Crippen molar-refractivity contribution in [3.63, 3.8) is 0 Å². The Hall–Kier alpha value is -1.64. The fourth-order valence-electron chi connectivity index (χ4n) is 1.52. The molecule has 0 N–H and O–H groups in total. The lowest BCUT2D eigenvalue weighted by atomic mass is 9.98. The van der Waals surface area contributed by atoms with Gasteiger partial charge in [-0.1, -0.05) is 28.8 Å². The summed E-state index contributed by atoms with van der Waals surface area (Å²) in [5.74, 6) is 0. The second-order valence-corrected chi connectivity index (χ2v) is 3.18. The minimum absolute atomic E-state index is 0.229. The van der Waals surface area contributed by atoms with Crippen molar-refractivity contribution in [3.8, 4) is 0 Å². The lowest BCUT2D eigenvalue weighted by molar-refractivity contribution is 0.510. The Morgan fingerprint density at radius 3 is 2.64 bits per heavy atom. The molecular formula is C8H12N6. The SMILES string of the molecule is [N-]=[N+]=NC1C=CCCCCC1N=[N+]=[N-]. The van der Waals surface area contributed by atoms with Crippen LogP contribution in [0.4, 0.5) is 0 Å². The van der Waals surface area contributed by atoms with Gasteiger partial charge in [0.25, 0.3) is 0 Å². The van der Waals surface area contributed by atoms with Crippen molar-refractivity contribution < 1.29 is 0 Å². The molecule has 1 rings (SSSR count). The Bertz CT molecular complexity index is 297. The molecule has 0 aromatic heterocycles. The molecule has 6 heteroatoms. The molecule has 0 fully saturated rings. The van der Waals surface area contributed by atoms with Crippen molar-refractivity contribution in [2.24, 2.45) is 10.2 Å². The minimum atomic E-state index is -0.323. The van der Waals surface area contributed by atoms with E-state index in [9.17, 15) is 0 Å². The summed E-state index contributed by atoms with van der Waals surface area (Å²) in [6.45, 7) is 0. The summed E-state index contributed by atoms with van der Waals surface area (Å²) >= 11 is 0. The predicted molar refractivity (Wildman–Crippen MR) is 53.5 cm³/mol. The van der Waals surface area contributed by atoms with Crippen LogP contribution in [0, 0.1) is 0 Å². The molecule has 6 nitrogen and oxygen atoms in total. The fourth-order valence-corrected chi connectivity index (χ4v) is 1.52. The Morgan fingerprint density at radius 2 is 1.93 bits per heavy atom. The zero-order valence-corrected chi connectivity index (χ0v) is 7.82. The monoisotopic (exact) mass is 192 g/mol. The van der Waals surface area contributed by atoms with Gasteiger partial charge in [0.1, 0.15) is 0 Å². The number of hydrogen-bond donors (Lipinski definition) is 0. The van der Waals surface area contributed by atoms with Crippen LogP contribution in [0.3, 0.4) is 0 Å². The fraction of sp³-hybridized carbons (Fsp3) is 0.750. The van der Waals surface area contributed by atoms with Crippen LogP contribution in [-0.2, 0) is 0 Å². The van der Waals surface area contributed by atoms with Crippen molar-refractivity contribution in [2.75, 3.05) is 0 Å². The Labute approximate surface area is 81.9 Å². The van der Waals surface area contributed by atoms with Gasteiger partial charge in [-0.3, -0.25) is 0 Å². The topological polar surface area (TPSA) is 97.5 Å². The van der Waals surface area contributed by atoms with Crippen LogP contribution in [0.1, 0.15) is 25.7 Å². The van der Waals surface area contributed by atoms with Gasteiger partial charge in [-0.05, 0) is 30.3 Å². The molecule has 74 valence electrons. The van der Waals surface area contributed by atoms with Crippen molar-refractivity contribution in [2.45, 2.75) is 37.8 Å². The van der Waals surface area contributed by atoms with Crippen molar-refractivity contribution >= 4 is 0 Å². The molecular weight excluding hydrogens is 180 g/mol. The van der Waals surface area contributed by atoms with Crippen LogP contribution in [0.5, 0.6) is 0 Å². The molecule has 0 aromatic carbocycles. The van der Waals surface area contributed by atoms with Gasteiger partial charge < -0.3 is 0 Å². The van der Waals surface area contributed by atoms with E-state index < -0.39 is 0 Å². The van der Waals surface area contributed by atoms with Gasteiger partial charge in [0, 0.05) is 15.9 Å². The predicted octanol–water partition coefficient (Wildman–Crippen LogP) is 3.47. The highest BCUT2D eigenvalue weighted by molar-refractivity contribution is 5.01. The zero-order chi connectivity index (χ0) is 10.2. The first-order valence-corrected chi connectivity index (χ1v) is 4.63. The normalized spacial score (nSPS) is 26.6. The maximum Gasteiger partial charge on any atom is 0.0639 e. The molecule has 0 spiro atoms. The molecule has 0 aliphatic heterocycles. The first-order valence-electron chi connectivity index (χ1n) is 4.63. The van der Waals surface area contributed by atoms with E-state index in [4.69, 9.17) is 11.1 Å². The van der Waals surface area contributed by atoms with E-state index in [1.807, 2.05) is 12.2 Å². The van der Waals surface area contributed by atoms with Crippen LogP contribution >= 0.6 is 0 Å². The third-order valence-corrected chi connectivity index (χ3v) is 2.23. The van der Waals surface area contributed by atoms with Crippen LogP contribution in [0.15, 0.2) is 22.4 Å². The molecule has 0 bridgehead atoms.